The Hall–Kier alpha value is -2.08. The van der Waals surface area contributed by atoms with Gasteiger partial charge in [0.1, 0.15) is 0 Å². The topological polar surface area (TPSA) is 78.0 Å². The molecule has 102 valence electrons. The van der Waals surface area contributed by atoms with Gasteiger partial charge in [-0.2, -0.15) is 4.98 Å². The van der Waals surface area contributed by atoms with E-state index in [-0.39, 0.29) is 0 Å². The summed E-state index contributed by atoms with van der Waals surface area (Å²) in [6.07, 6.45) is 0. The van der Waals surface area contributed by atoms with Crippen molar-refractivity contribution in [3.63, 3.8) is 0 Å². The lowest BCUT2D eigenvalue weighted by Gasteiger charge is -2.03. The van der Waals surface area contributed by atoms with Crippen LogP contribution in [-0.4, -0.2) is 35.0 Å². The summed E-state index contributed by atoms with van der Waals surface area (Å²) in [6, 6.07) is 8.24. The number of rotatable bonds is 6. The van der Waals surface area contributed by atoms with Gasteiger partial charge >= 0.3 is 0 Å². The zero-order chi connectivity index (χ0) is 13.7. The standard InChI is InChI=1S/C13H19N5O/c1-10-4-3-5-11(8-10)9-18-12(14)16-13(17-18)15-6-7-19-2/h3-5,8H,6-7,9H2,1-2H3,(H3,14,15,16,17). The number of ether oxygens (including phenoxy) is 1. The third kappa shape index (κ3) is 3.69. The second kappa shape index (κ2) is 6.19. The van der Waals surface area contributed by atoms with Gasteiger partial charge in [-0.3, -0.25) is 0 Å². The summed E-state index contributed by atoms with van der Waals surface area (Å²) < 4.78 is 6.64. The molecule has 0 spiro atoms. The van der Waals surface area contributed by atoms with Crippen molar-refractivity contribution in [3.05, 3.63) is 35.4 Å². The molecule has 0 amide bonds. The first-order valence-corrected chi connectivity index (χ1v) is 6.17. The maximum absolute atomic E-state index is 5.85. The Bertz CT molecular complexity index is 538. The minimum Gasteiger partial charge on any atom is -0.383 e. The Labute approximate surface area is 112 Å². The maximum Gasteiger partial charge on any atom is 0.244 e. The number of nitrogens with two attached hydrogens (primary N) is 1. The third-order valence-corrected chi connectivity index (χ3v) is 2.70. The van der Waals surface area contributed by atoms with E-state index in [9.17, 15) is 0 Å². The van der Waals surface area contributed by atoms with Crippen LogP contribution in [0.15, 0.2) is 24.3 Å². The SMILES string of the molecule is COCCNc1nc(N)n(Cc2cccc(C)c2)n1. The van der Waals surface area contributed by atoms with Crippen LogP contribution in [0.25, 0.3) is 0 Å². The fraction of sp³-hybridized carbons (Fsp3) is 0.385. The number of hydrogen-bond donors (Lipinski definition) is 2. The van der Waals surface area contributed by atoms with Gasteiger partial charge in [0.15, 0.2) is 0 Å². The molecule has 0 aliphatic rings. The van der Waals surface area contributed by atoms with E-state index in [2.05, 4.69) is 34.5 Å². The van der Waals surface area contributed by atoms with E-state index in [1.165, 1.54) is 5.56 Å². The normalized spacial score (nSPS) is 10.6. The summed E-state index contributed by atoms with van der Waals surface area (Å²) in [5.41, 5.74) is 8.22. The highest BCUT2D eigenvalue weighted by atomic mass is 16.5. The van der Waals surface area contributed by atoms with Gasteiger partial charge in [0.25, 0.3) is 0 Å². The van der Waals surface area contributed by atoms with Crippen molar-refractivity contribution in [3.8, 4) is 0 Å². The van der Waals surface area contributed by atoms with Crippen LogP contribution < -0.4 is 11.1 Å². The average molecular weight is 261 g/mol. The number of nitrogens with zero attached hydrogens (tertiary/aromatic N) is 3. The molecule has 1 aromatic carbocycles. The minimum atomic E-state index is 0.404. The predicted octanol–water partition coefficient (Wildman–Crippen LogP) is 1.28. The Morgan fingerprint density at radius 2 is 2.26 bits per heavy atom. The highest BCUT2D eigenvalue weighted by molar-refractivity contribution is 5.32. The van der Waals surface area contributed by atoms with Gasteiger partial charge < -0.3 is 15.8 Å². The molecule has 0 fully saturated rings. The van der Waals surface area contributed by atoms with Crippen molar-refractivity contribution < 1.29 is 4.74 Å². The summed E-state index contributed by atoms with van der Waals surface area (Å²) >= 11 is 0. The molecule has 0 atom stereocenters. The molecule has 6 heteroatoms. The number of benzene rings is 1. The lowest BCUT2D eigenvalue weighted by Crippen LogP contribution is -2.09. The van der Waals surface area contributed by atoms with Gasteiger partial charge in [-0.05, 0) is 12.5 Å². The van der Waals surface area contributed by atoms with E-state index in [4.69, 9.17) is 10.5 Å². The summed E-state index contributed by atoms with van der Waals surface area (Å²) in [5.74, 6) is 0.934. The van der Waals surface area contributed by atoms with Crippen molar-refractivity contribution in [2.75, 3.05) is 31.3 Å². The van der Waals surface area contributed by atoms with Gasteiger partial charge in [0.2, 0.25) is 11.9 Å². The second-order valence-corrected chi connectivity index (χ2v) is 4.36. The van der Waals surface area contributed by atoms with E-state index >= 15 is 0 Å². The van der Waals surface area contributed by atoms with Crippen molar-refractivity contribution in [1.82, 2.24) is 14.8 Å². The molecule has 1 heterocycles. The Kier molecular flexibility index (Phi) is 4.35. The lowest BCUT2D eigenvalue weighted by atomic mass is 10.1. The molecule has 19 heavy (non-hydrogen) atoms. The largest absolute Gasteiger partial charge is 0.383 e. The summed E-state index contributed by atoms with van der Waals surface area (Å²) in [6.45, 7) is 3.94. The first-order valence-electron chi connectivity index (χ1n) is 6.17. The number of aryl methyl sites for hydroxylation is 1. The first-order chi connectivity index (χ1) is 9.19. The molecule has 1 aromatic heterocycles. The number of aromatic nitrogens is 3. The fourth-order valence-electron chi connectivity index (χ4n) is 1.79. The Morgan fingerprint density at radius 1 is 1.42 bits per heavy atom. The molecule has 0 aliphatic carbocycles. The highest BCUT2D eigenvalue weighted by Crippen LogP contribution is 2.10. The van der Waals surface area contributed by atoms with E-state index < -0.39 is 0 Å². The average Bonchev–Trinajstić information content (AvgIpc) is 2.70. The number of methoxy groups -OCH3 is 1. The summed E-state index contributed by atoms with van der Waals surface area (Å²) in [7, 11) is 1.65. The predicted molar refractivity (Wildman–Crippen MR) is 75.1 cm³/mol. The van der Waals surface area contributed by atoms with Crippen LogP contribution in [0.2, 0.25) is 0 Å². The van der Waals surface area contributed by atoms with Crippen LogP contribution in [0, 0.1) is 6.92 Å². The van der Waals surface area contributed by atoms with E-state index in [0.717, 1.165) is 5.56 Å². The molecule has 0 bridgehead atoms. The van der Waals surface area contributed by atoms with Crippen LogP contribution in [-0.2, 0) is 11.3 Å². The Morgan fingerprint density at radius 3 is 3.00 bits per heavy atom. The lowest BCUT2D eigenvalue weighted by molar-refractivity contribution is 0.210. The van der Waals surface area contributed by atoms with Crippen molar-refractivity contribution in [2.24, 2.45) is 0 Å². The molecule has 2 aromatic rings. The van der Waals surface area contributed by atoms with Gasteiger partial charge in [-0.1, -0.05) is 29.8 Å². The molecule has 0 radical (unpaired) electrons. The minimum absolute atomic E-state index is 0.404. The Balaban J connectivity index is 2.04. The molecule has 3 N–H and O–H groups in total. The molecule has 6 nitrogen and oxygen atoms in total. The highest BCUT2D eigenvalue weighted by Gasteiger charge is 2.06. The molecule has 0 unspecified atom stereocenters. The maximum atomic E-state index is 5.85. The van der Waals surface area contributed by atoms with Crippen molar-refractivity contribution in [1.29, 1.82) is 0 Å². The van der Waals surface area contributed by atoms with Gasteiger partial charge in [0.05, 0.1) is 13.2 Å². The number of nitrogens with one attached hydrogen (secondary N) is 1. The smallest absolute Gasteiger partial charge is 0.244 e. The monoisotopic (exact) mass is 261 g/mol. The molecule has 0 saturated heterocycles. The third-order valence-electron chi connectivity index (χ3n) is 2.70. The van der Waals surface area contributed by atoms with Crippen molar-refractivity contribution >= 4 is 11.9 Å². The van der Waals surface area contributed by atoms with Crippen LogP contribution in [0.4, 0.5) is 11.9 Å². The molecule has 0 saturated carbocycles. The van der Waals surface area contributed by atoms with E-state index in [1.807, 2.05) is 12.1 Å². The molecule has 2 rings (SSSR count). The van der Waals surface area contributed by atoms with Gasteiger partial charge in [-0.25, -0.2) is 4.68 Å². The first kappa shape index (κ1) is 13.4. The summed E-state index contributed by atoms with van der Waals surface area (Å²) in [5, 5.41) is 7.38. The van der Waals surface area contributed by atoms with Crippen molar-refractivity contribution in [2.45, 2.75) is 13.5 Å². The van der Waals surface area contributed by atoms with Gasteiger partial charge in [0, 0.05) is 13.7 Å². The fourth-order valence-corrected chi connectivity index (χ4v) is 1.79. The van der Waals surface area contributed by atoms with Gasteiger partial charge in [-0.15, -0.1) is 5.10 Å². The quantitative estimate of drug-likeness (QED) is 0.766. The van der Waals surface area contributed by atoms with Crippen LogP contribution in [0.5, 0.6) is 0 Å². The van der Waals surface area contributed by atoms with E-state index in [0.29, 0.717) is 31.6 Å². The van der Waals surface area contributed by atoms with E-state index in [1.54, 1.807) is 11.8 Å². The zero-order valence-corrected chi connectivity index (χ0v) is 11.3. The number of hydrogen-bond acceptors (Lipinski definition) is 5. The van der Waals surface area contributed by atoms with Crippen LogP contribution >= 0.6 is 0 Å². The summed E-state index contributed by atoms with van der Waals surface area (Å²) in [4.78, 5) is 4.16. The molecular formula is C13H19N5O. The second-order valence-electron chi connectivity index (χ2n) is 4.36. The molecular weight excluding hydrogens is 242 g/mol. The number of nitrogen functional groups attached to an aromatic ring is 1. The zero-order valence-electron chi connectivity index (χ0n) is 11.3. The van der Waals surface area contributed by atoms with Crippen LogP contribution in [0.1, 0.15) is 11.1 Å². The van der Waals surface area contributed by atoms with Crippen LogP contribution in [0.3, 0.4) is 0 Å². The number of anilines is 2. The molecule has 0 aliphatic heterocycles.